The zero-order valence-electron chi connectivity index (χ0n) is 13.2. The molecule has 0 spiro atoms. The molecule has 4 nitrogen and oxygen atoms in total. The molecule has 0 saturated heterocycles. The van der Waals surface area contributed by atoms with Crippen LogP contribution in [0.4, 0.5) is 0 Å². The van der Waals surface area contributed by atoms with Crippen molar-refractivity contribution in [2.45, 2.75) is 40.7 Å². The maximum Gasteiger partial charge on any atom is 0.332 e. The fraction of sp³-hybridized carbons (Fsp3) is 0.500. The molecule has 1 atom stereocenters. The highest BCUT2D eigenvalue weighted by molar-refractivity contribution is 7.12. The Balaban J connectivity index is 2.84. The molecule has 0 saturated carbocycles. The second-order valence-electron chi connectivity index (χ2n) is 5.92. The van der Waals surface area contributed by atoms with Gasteiger partial charge in [-0.15, -0.1) is 11.3 Å². The minimum Gasteiger partial charge on any atom is -0.464 e. The summed E-state index contributed by atoms with van der Waals surface area (Å²) in [6.07, 6.45) is 3.59. The van der Waals surface area contributed by atoms with Gasteiger partial charge in [0.2, 0.25) is 0 Å². The van der Waals surface area contributed by atoms with E-state index in [-0.39, 0.29) is 17.9 Å². The topological polar surface area (TPSA) is 55.4 Å². The lowest BCUT2D eigenvalue weighted by Crippen LogP contribution is -2.40. The first-order valence-corrected chi connectivity index (χ1v) is 7.83. The van der Waals surface area contributed by atoms with Gasteiger partial charge in [-0.3, -0.25) is 4.79 Å². The van der Waals surface area contributed by atoms with Crippen LogP contribution in [0.25, 0.3) is 0 Å². The first kappa shape index (κ1) is 17.4. The molecule has 21 heavy (non-hydrogen) atoms. The molecule has 0 bridgehead atoms. The number of hydrogen-bond acceptors (Lipinski definition) is 4. The maximum absolute atomic E-state index is 12.2. The van der Waals surface area contributed by atoms with Crippen LogP contribution in [-0.4, -0.2) is 24.5 Å². The smallest absolute Gasteiger partial charge is 0.332 e. The van der Waals surface area contributed by atoms with Gasteiger partial charge >= 0.3 is 5.97 Å². The van der Waals surface area contributed by atoms with Gasteiger partial charge in [0, 0.05) is 0 Å². The molecule has 0 aliphatic rings. The fourth-order valence-corrected chi connectivity index (χ4v) is 2.37. The van der Waals surface area contributed by atoms with E-state index >= 15 is 0 Å². The average Bonchev–Trinajstić information content (AvgIpc) is 2.80. The minimum absolute atomic E-state index is 0.0744. The molecular formula is C16H23NO3S. The van der Waals surface area contributed by atoms with Gasteiger partial charge in [0.25, 0.3) is 5.91 Å². The van der Waals surface area contributed by atoms with Crippen molar-refractivity contribution in [2.75, 3.05) is 6.61 Å². The van der Waals surface area contributed by atoms with Gasteiger partial charge in [0.05, 0.1) is 11.5 Å². The molecule has 116 valence electrons. The summed E-state index contributed by atoms with van der Waals surface area (Å²) < 4.78 is 5.01. The molecule has 1 N–H and O–H groups in total. The predicted octanol–water partition coefficient (Wildman–Crippen LogP) is 3.32. The van der Waals surface area contributed by atoms with Crippen molar-refractivity contribution in [3.8, 4) is 0 Å². The van der Waals surface area contributed by atoms with E-state index in [2.05, 4.69) is 5.32 Å². The molecule has 1 aromatic rings. The zero-order valence-corrected chi connectivity index (χ0v) is 14.0. The number of carbonyl (C=O) groups excluding carboxylic acids is 2. The number of rotatable bonds is 5. The van der Waals surface area contributed by atoms with Crippen LogP contribution < -0.4 is 5.32 Å². The van der Waals surface area contributed by atoms with E-state index in [0.29, 0.717) is 4.88 Å². The summed E-state index contributed by atoms with van der Waals surface area (Å²) in [5, 5.41) is 4.62. The largest absolute Gasteiger partial charge is 0.464 e. The van der Waals surface area contributed by atoms with Crippen molar-refractivity contribution in [2.24, 2.45) is 5.41 Å². The third-order valence-corrected chi connectivity index (χ3v) is 3.62. The monoisotopic (exact) mass is 309 g/mol. The van der Waals surface area contributed by atoms with Gasteiger partial charge in [-0.2, -0.15) is 0 Å². The van der Waals surface area contributed by atoms with Crippen LogP contribution >= 0.6 is 11.3 Å². The lowest BCUT2D eigenvalue weighted by Gasteiger charge is -2.16. The Kier molecular flexibility index (Phi) is 6.15. The van der Waals surface area contributed by atoms with Crippen LogP contribution in [0.5, 0.6) is 0 Å². The number of esters is 1. The summed E-state index contributed by atoms with van der Waals surface area (Å²) in [4.78, 5) is 24.7. The second-order valence-corrected chi connectivity index (χ2v) is 6.83. The average molecular weight is 309 g/mol. The van der Waals surface area contributed by atoms with Crippen LogP contribution in [0.3, 0.4) is 0 Å². The molecular weight excluding hydrogens is 286 g/mol. The van der Waals surface area contributed by atoms with E-state index in [9.17, 15) is 9.59 Å². The quantitative estimate of drug-likeness (QED) is 0.670. The van der Waals surface area contributed by atoms with E-state index in [1.807, 2.05) is 39.2 Å². The Morgan fingerprint density at radius 2 is 2.10 bits per heavy atom. The molecule has 1 amide bonds. The molecule has 5 heteroatoms. The number of aryl methyl sites for hydroxylation is 1. The highest BCUT2D eigenvalue weighted by Crippen LogP contribution is 2.16. The van der Waals surface area contributed by atoms with Gasteiger partial charge in [0.1, 0.15) is 6.04 Å². The summed E-state index contributed by atoms with van der Waals surface area (Å²) in [6, 6.07) is 1.04. The number of ether oxygens (including phenoxy) is 1. The van der Waals surface area contributed by atoms with E-state index in [1.54, 1.807) is 19.1 Å². The summed E-state index contributed by atoms with van der Waals surface area (Å²) in [5.41, 5.74) is 0.956. The molecule has 1 unspecified atom stereocenters. The number of thiophene rings is 1. The molecule has 0 aromatic carbocycles. The first-order chi connectivity index (χ1) is 9.73. The van der Waals surface area contributed by atoms with Crippen molar-refractivity contribution < 1.29 is 14.3 Å². The number of carbonyl (C=O) groups is 2. The number of allylic oxidation sites excluding steroid dienone is 1. The number of amides is 1. The van der Waals surface area contributed by atoms with Crippen LogP contribution in [0.2, 0.25) is 0 Å². The standard InChI is InChI=1S/C16H23NO3S/c1-6-20-15(19)12(7-8-16(3,4)5)17-14(18)13-9-11(2)10-21-13/h7-10,12H,6H2,1-5H3,(H,17,18)/b8-7+. The Hall–Kier alpha value is -1.62. The second kappa shape index (κ2) is 7.41. The summed E-state index contributed by atoms with van der Waals surface area (Å²) in [7, 11) is 0. The molecule has 1 rings (SSSR count). The summed E-state index contributed by atoms with van der Waals surface area (Å²) in [6.45, 7) is 10.0. The van der Waals surface area contributed by atoms with Gasteiger partial charge < -0.3 is 10.1 Å². The maximum atomic E-state index is 12.2. The number of nitrogens with one attached hydrogen (secondary N) is 1. The Bertz CT molecular complexity index is 526. The van der Waals surface area contributed by atoms with Gasteiger partial charge in [-0.25, -0.2) is 4.79 Å². The molecule has 0 aliphatic heterocycles. The highest BCUT2D eigenvalue weighted by atomic mass is 32.1. The molecule has 0 radical (unpaired) electrons. The van der Waals surface area contributed by atoms with Gasteiger partial charge in [-0.1, -0.05) is 32.9 Å². The van der Waals surface area contributed by atoms with Crippen LogP contribution in [0, 0.1) is 12.3 Å². The van der Waals surface area contributed by atoms with E-state index < -0.39 is 12.0 Å². The van der Waals surface area contributed by atoms with Gasteiger partial charge in [-0.05, 0) is 36.3 Å². The summed E-state index contributed by atoms with van der Waals surface area (Å²) >= 11 is 1.36. The minimum atomic E-state index is -0.765. The number of hydrogen-bond donors (Lipinski definition) is 1. The SMILES string of the molecule is CCOC(=O)C(/C=C/C(C)(C)C)NC(=O)c1cc(C)cs1. The summed E-state index contributed by atoms with van der Waals surface area (Å²) in [5.74, 6) is -0.704. The molecule has 0 fully saturated rings. The highest BCUT2D eigenvalue weighted by Gasteiger charge is 2.21. The van der Waals surface area contributed by atoms with E-state index in [1.165, 1.54) is 11.3 Å². The zero-order chi connectivity index (χ0) is 16.0. The normalized spacial score (nSPS) is 13.2. The van der Waals surface area contributed by atoms with Crippen molar-refractivity contribution in [1.82, 2.24) is 5.32 Å². The van der Waals surface area contributed by atoms with Crippen LogP contribution in [0.1, 0.15) is 42.9 Å². The molecule has 1 aromatic heterocycles. The Morgan fingerprint density at radius 1 is 1.43 bits per heavy atom. The van der Waals surface area contributed by atoms with E-state index in [4.69, 9.17) is 4.74 Å². The molecule has 0 aliphatic carbocycles. The van der Waals surface area contributed by atoms with Crippen molar-refractivity contribution in [3.05, 3.63) is 34.0 Å². The van der Waals surface area contributed by atoms with E-state index in [0.717, 1.165) is 5.56 Å². The lowest BCUT2D eigenvalue weighted by molar-refractivity contribution is -0.144. The lowest BCUT2D eigenvalue weighted by atomic mass is 9.95. The van der Waals surface area contributed by atoms with Crippen LogP contribution in [0.15, 0.2) is 23.6 Å². The van der Waals surface area contributed by atoms with Gasteiger partial charge in [0.15, 0.2) is 0 Å². The Morgan fingerprint density at radius 3 is 2.57 bits per heavy atom. The first-order valence-electron chi connectivity index (χ1n) is 6.95. The third kappa shape index (κ3) is 6.12. The van der Waals surface area contributed by atoms with Crippen LogP contribution in [-0.2, 0) is 9.53 Å². The predicted molar refractivity (Wildman–Crippen MR) is 85.5 cm³/mol. The fourth-order valence-electron chi connectivity index (χ4n) is 1.57. The van der Waals surface area contributed by atoms with Crippen molar-refractivity contribution in [3.63, 3.8) is 0 Å². The third-order valence-electron chi connectivity index (χ3n) is 2.57. The van der Waals surface area contributed by atoms with Crippen molar-refractivity contribution >= 4 is 23.2 Å². The molecule has 1 heterocycles. The van der Waals surface area contributed by atoms with Crippen molar-refractivity contribution in [1.29, 1.82) is 0 Å². The Labute approximate surface area is 130 Å².